The van der Waals surface area contributed by atoms with Gasteiger partial charge in [0.1, 0.15) is 11.6 Å². The van der Waals surface area contributed by atoms with Crippen LogP contribution in [0.1, 0.15) is 56.7 Å². The summed E-state index contributed by atoms with van der Waals surface area (Å²) in [6.45, 7) is 2.00. The number of benzene rings is 1. The molecule has 0 N–H and O–H groups in total. The quantitative estimate of drug-likeness (QED) is 0.410. The van der Waals surface area contributed by atoms with Gasteiger partial charge in [0.2, 0.25) is 0 Å². The Kier molecular flexibility index (Phi) is 4.73. The van der Waals surface area contributed by atoms with E-state index in [1.165, 1.54) is 38.5 Å². The Morgan fingerprint density at radius 2 is 1.83 bits per heavy atom. The summed E-state index contributed by atoms with van der Waals surface area (Å²) in [4.78, 5) is 12.3. The second-order valence-corrected chi connectivity index (χ2v) is 9.30. The lowest BCUT2D eigenvalue weighted by atomic mass is 9.48. The minimum absolute atomic E-state index is 0.0374. The van der Waals surface area contributed by atoms with Crippen LogP contribution in [0.25, 0.3) is 11.8 Å². The molecule has 0 saturated heterocycles. The maximum atomic E-state index is 12.3. The number of nitrogens with zero attached hydrogens (tertiary/aromatic N) is 3. The lowest BCUT2D eigenvalue weighted by Gasteiger charge is -2.56. The molecule has 0 atom stereocenters. The molecule has 154 valence electrons. The second-order valence-electron chi connectivity index (χ2n) is 9.30. The van der Waals surface area contributed by atoms with E-state index in [2.05, 4.69) is 0 Å². The first-order valence-corrected chi connectivity index (χ1v) is 11.0. The monoisotopic (exact) mass is 401 g/mol. The maximum absolute atomic E-state index is 12.3. The van der Waals surface area contributed by atoms with Crippen LogP contribution in [0, 0.1) is 29.1 Å². The van der Waals surface area contributed by atoms with Crippen LogP contribution in [0.15, 0.2) is 42.1 Å². The fraction of sp³-hybridized carbons (Fsp3) is 0.480. The summed E-state index contributed by atoms with van der Waals surface area (Å²) in [6.07, 6.45) is 11.3. The Labute approximate surface area is 177 Å². The number of rotatable bonds is 5. The van der Waals surface area contributed by atoms with Crippen LogP contribution < -0.4 is 0 Å². The molecule has 4 bridgehead atoms. The van der Waals surface area contributed by atoms with E-state index >= 15 is 0 Å². The predicted molar refractivity (Wildman–Crippen MR) is 114 cm³/mol. The van der Waals surface area contributed by atoms with Gasteiger partial charge < -0.3 is 4.74 Å². The molecule has 30 heavy (non-hydrogen) atoms. The summed E-state index contributed by atoms with van der Waals surface area (Å²) in [5.41, 5.74) is 3.02. The molecular formula is C25H27N3O2. The summed E-state index contributed by atoms with van der Waals surface area (Å²) in [6, 6.07) is 12.1. The van der Waals surface area contributed by atoms with Crippen molar-refractivity contribution in [3.05, 3.63) is 53.4 Å². The van der Waals surface area contributed by atoms with Crippen LogP contribution in [0.5, 0.6) is 0 Å². The normalized spacial score (nSPS) is 29.6. The first-order chi connectivity index (χ1) is 14.6. The van der Waals surface area contributed by atoms with Gasteiger partial charge in [0.05, 0.1) is 18.0 Å². The largest absolute Gasteiger partial charge is 0.462 e. The van der Waals surface area contributed by atoms with E-state index in [1.807, 2.05) is 47.3 Å². The number of ether oxygens (including phenoxy) is 1. The molecule has 2 aromatic rings. The van der Waals surface area contributed by atoms with Gasteiger partial charge in [-0.05, 0) is 81.4 Å². The molecule has 0 spiro atoms. The zero-order valence-corrected chi connectivity index (χ0v) is 17.4. The van der Waals surface area contributed by atoms with Gasteiger partial charge in [-0.2, -0.15) is 10.4 Å². The summed E-state index contributed by atoms with van der Waals surface area (Å²) in [5, 5.41) is 14.7. The molecule has 4 aliphatic carbocycles. The highest BCUT2D eigenvalue weighted by Crippen LogP contribution is 2.61. The number of carbonyl (C=O) groups is 1. The van der Waals surface area contributed by atoms with Crippen LogP contribution >= 0.6 is 0 Å². The van der Waals surface area contributed by atoms with Gasteiger partial charge in [0.15, 0.2) is 0 Å². The van der Waals surface area contributed by atoms with Crippen molar-refractivity contribution in [2.75, 3.05) is 6.61 Å². The van der Waals surface area contributed by atoms with Crippen molar-refractivity contribution in [3.63, 3.8) is 0 Å². The molecule has 4 fully saturated rings. The van der Waals surface area contributed by atoms with E-state index < -0.39 is 5.97 Å². The smallest absolute Gasteiger partial charge is 0.348 e. The van der Waals surface area contributed by atoms with Crippen LogP contribution in [0.4, 0.5) is 0 Å². The Morgan fingerprint density at radius 3 is 2.40 bits per heavy atom. The average Bonchev–Trinajstić information content (AvgIpc) is 3.17. The molecule has 0 radical (unpaired) electrons. The molecular weight excluding hydrogens is 374 g/mol. The summed E-state index contributed by atoms with van der Waals surface area (Å²) in [7, 11) is 0. The third kappa shape index (κ3) is 3.25. The van der Waals surface area contributed by atoms with Crippen molar-refractivity contribution in [3.8, 4) is 11.8 Å². The fourth-order valence-electron chi connectivity index (χ4n) is 6.52. The Balaban J connectivity index is 1.62. The summed E-state index contributed by atoms with van der Waals surface area (Å²) in [5.74, 6) is 1.80. The second kappa shape index (κ2) is 7.43. The van der Waals surface area contributed by atoms with Crippen molar-refractivity contribution in [2.45, 2.75) is 50.9 Å². The van der Waals surface area contributed by atoms with Crippen molar-refractivity contribution in [1.29, 1.82) is 5.26 Å². The molecule has 4 aliphatic rings. The van der Waals surface area contributed by atoms with E-state index in [1.54, 1.807) is 13.0 Å². The lowest BCUT2D eigenvalue weighted by molar-refractivity contribution is -0.137. The van der Waals surface area contributed by atoms with Crippen molar-refractivity contribution < 1.29 is 9.53 Å². The van der Waals surface area contributed by atoms with Gasteiger partial charge in [0, 0.05) is 17.2 Å². The van der Waals surface area contributed by atoms with Gasteiger partial charge in [0.25, 0.3) is 0 Å². The maximum Gasteiger partial charge on any atom is 0.348 e. The van der Waals surface area contributed by atoms with Gasteiger partial charge >= 0.3 is 5.97 Å². The van der Waals surface area contributed by atoms with E-state index in [-0.39, 0.29) is 17.6 Å². The predicted octanol–water partition coefficient (Wildman–Crippen LogP) is 4.81. The lowest BCUT2D eigenvalue weighted by Crippen LogP contribution is -2.49. The minimum atomic E-state index is -0.566. The number of esters is 1. The highest BCUT2D eigenvalue weighted by atomic mass is 16.5. The van der Waals surface area contributed by atoms with E-state index in [0.717, 1.165) is 34.7 Å². The zero-order chi connectivity index (χ0) is 20.7. The molecule has 1 heterocycles. The highest BCUT2D eigenvalue weighted by molar-refractivity contribution is 5.98. The molecule has 0 amide bonds. The van der Waals surface area contributed by atoms with Crippen LogP contribution in [-0.4, -0.2) is 22.4 Å². The van der Waals surface area contributed by atoms with Crippen LogP contribution in [-0.2, 0) is 14.9 Å². The molecule has 0 aliphatic heterocycles. The van der Waals surface area contributed by atoms with Gasteiger partial charge in [-0.1, -0.05) is 18.2 Å². The summed E-state index contributed by atoms with van der Waals surface area (Å²) >= 11 is 0. The summed E-state index contributed by atoms with van der Waals surface area (Å²) < 4.78 is 6.99. The fourth-order valence-corrected chi connectivity index (χ4v) is 6.52. The molecule has 4 saturated carbocycles. The number of nitriles is 1. The average molecular weight is 402 g/mol. The number of aromatic nitrogens is 2. The van der Waals surface area contributed by atoms with Crippen LogP contribution in [0.2, 0.25) is 0 Å². The SMILES string of the molecule is CCOC(=O)C(C#N)=Cc1cn(-c2ccccc2)nc1C12CC3CC(CC(C3)C1)C2. The Bertz CT molecular complexity index is 993. The first-order valence-electron chi connectivity index (χ1n) is 11.0. The molecule has 0 unspecified atom stereocenters. The molecule has 5 heteroatoms. The first kappa shape index (κ1) is 19.1. The van der Waals surface area contributed by atoms with E-state index in [9.17, 15) is 10.1 Å². The van der Waals surface area contributed by atoms with Crippen molar-refractivity contribution >= 4 is 12.0 Å². The number of carbonyl (C=O) groups excluding carboxylic acids is 1. The minimum Gasteiger partial charge on any atom is -0.462 e. The number of hydrogen-bond acceptors (Lipinski definition) is 4. The van der Waals surface area contributed by atoms with Gasteiger partial charge in [-0.3, -0.25) is 0 Å². The van der Waals surface area contributed by atoms with Crippen molar-refractivity contribution in [1.82, 2.24) is 9.78 Å². The van der Waals surface area contributed by atoms with Gasteiger partial charge in [-0.15, -0.1) is 0 Å². The van der Waals surface area contributed by atoms with E-state index in [4.69, 9.17) is 9.84 Å². The van der Waals surface area contributed by atoms with E-state index in [0.29, 0.717) is 0 Å². The highest BCUT2D eigenvalue weighted by Gasteiger charge is 2.53. The molecule has 5 nitrogen and oxygen atoms in total. The zero-order valence-electron chi connectivity index (χ0n) is 17.4. The number of para-hydroxylation sites is 1. The van der Waals surface area contributed by atoms with Crippen molar-refractivity contribution in [2.24, 2.45) is 17.8 Å². The molecule has 1 aromatic carbocycles. The molecule has 6 rings (SSSR count). The number of hydrogen-bond donors (Lipinski definition) is 0. The van der Waals surface area contributed by atoms with Gasteiger partial charge in [-0.25, -0.2) is 9.48 Å². The Hall–Kier alpha value is -2.87. The Morgan fingerprint density at radius 1 is 1.20 bits per heavy atom. The van der Waals surface area contributed by atoms with Crippen LogP contribution in [0.3, 0.4) is 0 Å². The third-order valence-electron chi connectivity index (χ3n) is 7.22. The third-order valence-corrected chi connectivity index (χ3v) is 7.22. The standard InChI is InChI=1S/C25H27N3O2/c1-2-30-24(29)20(15-26)11-21-16-28(22-6-4-3-5-7-22)27-23(21)25-12-17-8-18(13-25)10-19(9-17)14-25/h3-7,11,16-19H,2,8-10,12-14H2,1H3. The topological polar surface area (TPSA) is 67.9 Å². The molecule has 1 aromatic heterocycles.